The zero-order valence-electron chi connectivity index (χ0n) is 17.0. The summed E-state index contributed by atoms with van der Waals surface area (Å²) in [4.78, 5) is 12.3. The maximum Gasteiger partial charge on any atom is 0.234 e. The molecule has 0 unspecified atom stereocenters. The van der Waals surface area contributed by atoms with Crippen molar-refractivity contribution in [2.75, 3.05) is 30.4 Å². The molecule has 2 aromatic rings. The van der Waals surface area contributed by atoms with Gasteiger partial charge in [-0.1, -0.05) is 34.6 Å². The van der Waals surface area contributed by atoms with Gasteiger partial charge in [0, 0.05) is 35.7 Å². The van der Waals surface area contributed by atoms with Crippen molar-refractivity contribution in [2.45, 2.75) is 43.8 Å². The first-order valence-electron chi connectivity index (χ1n) is 9.84. The van der Waals surface area contributed by atoms with Gasteiger partial charge in [-0.25, -0.2) is 12.7 Å². The summed E-state index contributed by atoms with van der Waals surface area (Å²) in [6.45, 7) is 3.78. The van der Waals surface area contributed by atoms with Crippen molar-refractivity contribution in [3.8, 4) is 0 Å². The quantitative estimate of drug-likeness (QED) is 0.541. The monoisotopic (exact) mass is 515 g/mol. The summed E-state index contributed by atoms with van der Waals surface area (Å²) in [6, 6.07) is 7.41. The highest BCUT2D eigenvalue weighted by Gasteiger charge is 2.30. The molecule has 0 aliphatic carbocycles. The summed E-state index contributed by atoms with van der Waals surface area (Å²) < 4.78 is 28.4. The van der Waals surface area contributed by atoms with Crippen molar-refractivity contribution in [2.24, 2.45) is 0 Å². The minimum Gasteiger partial charge on any atom is -0.325 e. The molecule has 30 heavy (non-hydrogen) atoms. The summed E-state index contributed by atoms with van der Waals surface area (Å²) in [5.74, 6) is 0.924. The van der Waals surface area contributed by atoms with Gasteiger partial charge in [0.05, 0.1) is 12.0 Å². The molecule has 0 radical (unpaired) electrons. The van der Waals surface area contributed by atoms with Crippen LogP contribution in [0.3, 0.4) is 0 Å². The Bertz CT molecular complexity index is 979. The van der Waals surface area contributed by atoms with E-state index in [1.807, 2.05) is 28.8 Å². The average molecular weight is 516 g/mol. The molecule has 8 nitrogen and oxygen atoms in total. The zero-order valence-corrected chi connectivity index (χ0v) is 20.3. The van der Waals surface area contributed by atoms with Gasteiger partial charge in [-0.15, -0.1) is 10.2 Å². The maximum atomic E-state index is 12.3. The third-order valence-corrected chi connectivity index (χ3v) is 7.64. The summed E-state index contributed by atoms with van der Waals surface area (Å²) >= 11 is 4.72. The van der Waals surface area contributed by atoms with Crippen molar-refractivity contribution in [3.63, 3.8) is 0 Å². The second kappa shape index (κ2) is 10.3. The molecule has 1 atom stereocenters. The third-order valence-electron chi connectivity index (χ3n) is 4.87. The Hall–Kier alpha value is -1.43. The molecular formula is C19H26BrN5O3S2. The number of carbonyl (C=O) groups excluding carboxylic acids is 1. The van der Waals surface area contributed by atoms with Crippen LogP contribution in [0.4, 0.5) is 5.69 Å². The Morgan fingerprint density at radius 3 is 2.70 bits per heavy atom. The van der Waals surface area contributed by atoms with E-state index >= 15 is 0 Å². The summed E-state index contributed by atoms with van der Waals surface area (Å²) in [7, 11) is -3.22. The Balaban J connectivity index is 1.68. The number of nitrogens with one attached hydrogen (secondary N) is 1. The van der Waals surface area contributed by atoms with Crippen molar-refractivity contribution in [1.29, 1.82) is 0 Å². The Kier molecular flexibility index (Phi) is 7.94. The minimum absolute atomic E-state index is 0.0125. The van der Waals surface area contributed by atoms with E-state index in [2.05, 4.69) is 38.4 Å². The fourth-order valence-corrected chi connectivity index (χ4v) is 5.40. The van der Waals surface area contributed by atoms with Crippen LogP contribution < -0.4 is 5.32 Å². The van der Waals surface area contributed by atoms with Crippen LogP contribution >= 0.6 is 27.7 Å². The first-order valence-corrected chi connectivity index (χ1v) is 13.5. The average Bonchev–Trinajstić information content (AvgIpc) is 3.11. The number of sulfonamides is 1. The SMILES string of the molecule is CCCn1c(SCC(=O)Nc2ccc(Br)cc2)nnc1[C@@H]1CCCN(S(C)(=O)=O)C1. The first kappa shape index (κ1) is 23.2. The molecule has 1 N–H and O–H groups in total. The van der Waals surface area contributed by atoms with Gasteiger partial charge < -0.3 is 9.88 Å². The van der Waals surface area contributed by atoms with Crippen LogP contribution in [0.15, 0.2) is 33.9 Å². The second-order valence-electron chi connectivity index (χ2n) is 7.30. The molecule has 2 heterocycles. The molecule has 164 valence electrons. The van der Waals surface area contributed by atoms with Gasteiger partial charge in [-0.05, 0) is 43.5 Å². The van der Waals surface area contributed by atoms with Crippen LogP contribution in [-0.2, 0) is 21.4 Å². The lowest BCUT2D eigenvalue weighted by atomic mass is 9.99. The lowest BCUT2D eigenvalue weighted by Crippen LogP contribution is -2.39. The van der Waals surface area contributed by atoms with Gasteiger partial charge >= 0.3 is 0 Å². The molecular weight excluding hydrogens is 490 g/mol. The number of carbonyl (C=O) groups is 1. The van der Waals surface area contributed by atoms with Crippen LogP contribution in [0, 0.1) is 0 Å². The van der Waals surface area contributed by atoms with Gasteiger partial charge in [0.2, 0.25) is 15.9 Å². The minimum atomic E-state index is -3.22. The number of benzene rings is 1. The Labute approximate surface area is 190 Å². The lowest BCUT2D eigenvalue weighted by Gasteiger charge is -2.30. The highest BCUT2D eigenvalue weighted by molar-refractivity contribution is 9.10. The van der Waals surface area contributed by atoms with Gasteiger partial charge in [0.15, 0.2) is 5.16 Å². The number of nitrogens with zero attached hydrogens (tertiary/aromatic N) is 4. The topological polar surface area (TPSA) is 97.2 Å². The fraction of sp³-hybridized carbons (Fsp3) is 0.526. The molecule has 0 spiro atoms. The van der Waals surface area contributed by atoms with Crippen LogP contribution in [0.2, 0.25) is 0 Å². The van der Waals surface area contributed by atoms with E-state index < -0.39 is 10.0 Å². The van der Waals surface area contributed by atoms with Gasteiger partial charge in [-0.2, -0.15) is 0 Å². The molecule has 1 saturated heterocycles. The van der Waals surface area contributed by atoms with Crippen LogP contribution in [0.5, 0.6) is 0 Å². The highest BCUT2D eigenvalue weighted by atomic mass is 79.9. The molecule has 1 amide bonds. The van der Waals surface area contributed by atoms with E-state index in [1.165, 1.54) is 22.3 Å². The van der Waals surface area contributed by atoms with Crippen molar-refractivity contribution >= 4 is 49.3 Å². The lowest BCUT2D eigenvalue weighted by molar-refractivity contribution is -0.113. The van der Waals surface area contributed by atoms with Gasteiger partial charge in [0.25, 0.3) is 0 Å². The van der Waals surface area contributed by atoms with E-state index in [0.717, 1.165) is 41.8 Å². The standard InChI is InChI=1S/C19H26BrN5O3S2/c1-3-10-25-18(14-5-4-11-24(12-14)30(2,27)28)22-23-19(25)29-13-17(26)21-16-8-6-15(20)7-9-16/h6-9,14H,3-5,10-13H2,1-2H3,(H,21,26)/t14-/m1/s1. The van der Waals surface area contributed by atoms with Crippen LogP contribution in [0.25, 0.3) is 0 Å². The molecule has 0 bridgehead atoms. The first-order chi connectivity index (χ1) is 14.3. The number of amides is 1. The van der Waals surface area contributed by atoms with Crippen molar-refractivity contribution < 1.29 is 13.2 Å². The largest absolute Gasteiger partial charge is 0.325 e. The molecule has 0 saturated carbocycles. The number of hydrogen-bond acceptors (Lipinski definition) is 6. The molecule has 1 aromatic heterocycles. The number of aromatic nitrogens is 3. The smallest absolute Gasteiger partial charge is 0.234 e. The van der Waals surface area contributed by atoms with Crippen molar-refractivity contribution in [3.05, 3.63) is 34.6 Å². The number of rotatable bonds is 8. The van der Waals surface area contributed by atoms with E-state index in [9.17, 15) is 13.2 Å². The van der Waals surface area contributed by atoms with Gasteiger partial charge in [-0.3, -0.25) is 4.79 Å². The molecule has 11 heteroatoms. The number of halogens is 1. The van der Waals surface area contributed by atoms with Crippen LogP contribution in [-0.4, -0.2) is 58.5 Å². The molecule has 3 rings (SSSR count). The van der Waals surface area contributed by atoms with Crippen molar-refractivity contribution in [1.82, 2.24) is 19.1 Å². The third kappa shape index (κ3) is 6.05. The number of piperidine rings is 1. The normalized spacial score (nSPS) is 17.8. The summed E-state index contributed by atoms with van der Waals surface area (Å²) in [5.41, 5.74) is 0.739. The molecule has 1 aromatic carbocycles. The van der Waals surface area contributed by atoms with E-state index in [4.69, 9.17) is 0 Å². The maximum absolute atomic E-state index is 12.3. The number of thioether (sulfide) groups is 1. The Morgan fingerprint density at radius 2 is 2.03 bits per heavy atom. The predicted molar refractivity (Wildman–Crippen MR) is 122 cm³/mol. The predicted octanol–water partition coefficient (Wildman–Crippen LogP) is 3.32. The van der Waals surface area contributed by atoms with Crippen LogP contribution in [0.1, 0.15) is 37.9 Å². The molecule has 1 fully saturated rings. The number of anilines is 1. The van der Waals surface area contributed by atoms with E-state index in [-0.39, 0.29) is 17.6 Å². The number of hydrogen-bond donors (Lipinski definition) is 1. The zero-order chi connectivity index (χ0) is 21.7. The van der Waals surface area contributed by atoms with E-state index in [1.54, 1.807) is 0 Å². The van der Waals surface area contributed by atoms with Gasteiger partial charge in [0.1, 0.15) is 5.82 Å². The fourth-order valence-electron chi connectivity index (χ4n) is 3.46. The molecule has 1 aliphatic heterocycles. The highest BCUT2D eigenvalue weighted by Crippen LogP contribution is 2.30. The Morgan fingerprint density at radius 1 is 1.30 bits per heavy atom. The molecule has 1 aliphatic rings. The van der Waals surface area contributed by atoms with E-state index in [0.29, 0.717) is 18.2 Å². The second-order valence-corrected chi connectivity index (χ2v) is 11.1. The summed E-state index contributed by atoms with van der Waals surface area (Å²) in [6.07, 6.45) is 3.82. The summed E-state index contributed by atoms with van der Waals surface area (Å²) in [5, 5.41) is 12.3.